The van der Waals surface area contributed by atoms with Crippen LogP contribution in [0.5, 0.6) is 17.2 Å². The third-order valence-corrected chi connectivity index (χ3v) is 7.74. The molecule has 7 heteroatoms. The van der Waals surface area contributed by atoms with Crippen molar-refractivity contribution >= 4 is 5.97 Å². The molecule has 0 bridgehead atoms. The summed E-state index contributed by atoms with van der Waals surface area (Å²) in [6.07, 6.45) is 0.294. The molecule has 0 saturated heterocycles. The van der Waals surface area contributed by atoms with E-state index in [-0.39, 0.29) is 6.61 Å². The maximum absolute atomic E-state index is 14.2. The summed E-state index contributed by atoms with van der Waals surface area (Å²) in [5, 5.41) is 3.77. The van der Waals surface area contributed by atoms with Gasteiger partial charge >= 0.3 is 5.97 Å². The van der Waals surface area contributed by atoms with E-state index in [1.54, 1.807) is 38.5 Å². The van der Waals surface area contributed by atoms with Gasteiger partial charge in [-0.1, -0.05) is 103 Å². The number of methoxy groups -OCH3 is 2. The van der Waals surface area contributed by atoms with Gasteiger partial charge in [0.2, 0.25) is 6.86 Å². The van der Waals surface area contributed by atoms with E-state index in [4.69, 9.17) is 18.9 Å². The molecule has 0 aliphatic heterocycles. The minimum Gasteiger partial charge on any atom is -0.497 e. The molecule has 0 aromatic heterocycles. The van der Waals surface area contributed by atoms with Crippen LogP contribution in [0.1, 0.15) is 27.8 Å². The summed E-state index contributed by atoms with van der Waals surface area (Å²) in [4.78, 5) is 14.2. The summed E-state index contributed by atoms with van der Waals surface area (Å²) >= 11 is 0. The Morgan fingerprint density at radius 2 is 1.24 bits per heavy atom. The highest BCUT2D eigenvalue weighted by molar-refractivity contribution is 5.77. The Balaban J connectivity index is 1.57. The van der Waals surface area contributed by atoms with Gasteiger partial charge in [-0.2, -0.15) is 0 Å². The quantitative estimate of drug-likeness (QED) is 0.106. The number of esters is 1. The molecule has 230 valence electrons. The van der Waals surface area contributed by atoms with E-state index in [2.05, 4.69) is 41.7 Å². The van der Waals surface area contributed by atoms with Gasteiger partial charge in [-0.15, -0.1) is 0 Å². The minimum absolute atomic E-state index is 0.00245. The zero-order chi connectivity index (χ0) is 31.5. The molecule has 0 aliphatic rings. The summed E-state index contributed by atoms with van der Waals surface area (Å²) in [5.74, 6) is 1.17. The predicted molar refractivity (Wildman–Crippen MR) is 172 cm³/mol. The number of hydrogen-bond donors (Lipinski definition) is 1. The van der Waals surface area contributed by atoms with Crippen molar-refractivity contribution in [3.05, 3.63) is 161 Å². The van der Waals surface area contributed by atoms with Gasteiger partial charge in [0.1, 0.15) is 29.9 Å². The normalized spacial score (nSPS) is 11.8. The molecule has 1 atom stereocenters. The summed E-state index contributed by atoms with van der Waals surface area (Å²) in [5.41, 5.74) is 3.53. The van der Waals surface area contributed by atoms with Gasteiger partial charge in [-0.05, 0) is 52.9 Å². The number of hydrogen-bond acceptors (Lipinski definition) is 6. The van der Waals surface area contributed by atoms with Crippen LogP contribution in [0.2, 0.25) is 0 Å². The van der Waals surface area contributed by atoms with E-state index in [1.807, 2.05) is 72.8 Å². The molecule has 0 radical (unpaired) electrons. The highest BCUT2D eigenvalue weighted by atomic mass is 18.2. The molecule has 1 N–H and O–H groups in total. The number of carbonyl (C=O) groups excluding carboxylic acids is 1. The minimum atomic E-state index is -0.918. The summed E-state index contributed by atoms with van der Waals surface area (Å²) in [7, 11) is 3.15. The maximum Gasteiger partial charge on any atom is 0.323 e. The highest BCUT2D eigenvalue weighted by Crippen LogP contribution is 2.38. The van der Waals surface area contributed by atoms with Crippen LogP contribution in [0.3, 0.4) is 0 Å². The predicted octanol–water partition coefficient (Wildman–Crippen LogP) is 7.25. The average Bonchev–Trinajstić information content (AvgIpc) is 3.11. The molecule has 5 aromatic rings. The lowest BCUT2D eigenvalue weighted by Crippen LogP contribution is -2.53. The zero-order valence-electron chi connectivity index (χ0n) is 25.3. The van der Waals surface area contributed by atoms with E-state index in [9.17, 15) is 9.18 Å². The Morgan fingerprint density at radius 3 is 1.73 bits per heavy atom. The SMILES string of the molecule is COc1ccc(COC(=O)[C@@H](Cc2ccc(OC[18F])cc2)NC(c2ccccc2)(c2ccccc2)c2ccccc2)c(OC)c1. The largest absolute Gasteiger partial charge is 0.497 e. The molecular formula is C38H36FNO5. The number of halogens is 1. The molecule has 45 heavy (non-hydrogen) atoms. The fraction of sp³-hybridized carbons (Fsp3) is 0.184. The van der Waals surface area contributed by atoms with Crippen LogP contribution in [0, 0.1) is 0 Å². The van der Waals surface area contributed by atoms with Gasteiger partial charge in [0.05, 0.1) is 19.8 Å². The number of ether oxygens (including phenoxy) is 4. The monoisotopic (exact) mass is 604 g/mol. The lowest BCUT2D eigenvalue weighted by molar-refractivity contribution is -0.148. The maximum atomic E-state index is 14.2. The van der Waals surface area contributed by atoms with Crippen LogP contribution in [0.15, 0.2) is 133 Å². The number of rotatable bonds is 14. The first-order valence-electron chi connectivity index (χ1n) is 14.7. The third-order valence-electron chi connectivity index (χ3n) is 7.74. The second-order valence-corrected chi connectivity index (χ2v) is 10.4. The first-order chi connectivity index (χ1) is 22.1. The molecule has 0 aliphatic carbocycles. The number of benzene rings is 5. The first-order valence-corrected chi connectivity index (χ1v) is 14.7. The molecule has 6 nitrogen and oxygen atoms in total. The molecule has 5 rings (SSSR count). The fourth-order valence-corrected chi connectivity index (χ4v) is 5.51. The number of nitrogens with one attached hydrogen (secondary N) is 1. The number of alkyl halides is 1. The van der Waals surface area contributed by atoms with Crippen molar-refractivity contribution in [2.45, 2.75) is 24.6 Å². The van der Waals surface area contributed by atoms with Crippen molar-refractivity contribution in [1.29, 1.82) is 0 Å². The summed E-state index contributed by atoms with van der Waals surface area (Å²) < 4.78 is 34.6. The van der Waals surface area contributed by atoms with E-state index < -0.39 is 24.4 Å². The number of carbonyl (C=O) groups is 1. The Morgan fingerprint density at radius 1 is 0.711 bits per heavy atom. The van der Waals surface area contributed by atoms with Crippen LogP contribution in [-0.2, 0) is 28.1 Å². The molecular weight excluding hydrogens is 568 g/mol. The summed E-state index contributed by atoms with van der Waals surface area (Å²) in [6, 6.07) is 41.8. The molecule has 0 amide bonds. The highest BCUT2D eigenvalue weighted by Gasteiger charge is 2.40. The molecule has 5 aromatic carbocycles. The van der Waals surface area contributed by atoms with Crippen LogP contribution in [-0.4, -0.2) is 33.1 Å². The third kappa shape index (κ3) is 7.33. The first kappa shape index (κ1) is 31.3. The molecule has 0 heterocycles. The molecule has 0 unspecified atom stereocenters. The van der Waals surface area contributed by atoms with E-state index in [0.717, 1.165) is 22.3 Å². The smallest absolute Gasteiger partial charge is 0.323 e. The Hall–Kier alpha value is -5.14. The van der Waals surface area contributed by atoms with Crippen LogP contribution >= 0.6 is 0 Å². The molecule has 0 spiro atoms. The van der Waals surface area contributed by atoms with Gasteiger partial charge in [0.25, 0.3) is 0 Å². The van der Waals surface area contributed by atoms with Crippen molar-refractivity contribution < 1.29 is 28.1 Å². The van der Waals surface area contributed by atoms with Gasteiger partial charge in [0.15, 0.2) is 0 Å². The second kappa shape index (κ2) is 15.0. The van der Waals surface area contributed by atoms with Crippen molar-refractivity contribution in [1.82, 2.24) is 5.32 Å². The lowest BCUT2D eigenvalue weighted by Gasteiger charge is -2.39. The van der Waals surface area contributed by atoms with Crippen LogP contribution < -0.4 is 19.5 Å². The van der Waals surface area contributed by atoms with Crippen molar-refractivity contribution in [3.8, 4) is 17.2 Å². The van der Waals surface area contributed by atoms with Crippen molar-refractivity contribution in [2.75, 3.05) is 21.1 Å². The van der Waals surface area contributed by atoms with Crippen LogP contribution in [0.25, 0.3) is 0 Å². The Labute approximate surface area is 263 Å². The standard InChI is InChI=1S/C38H36FNO5/c1-42-34-23-20-29(36(25-34)43-2)26-44-37(41)35(24-28-18-21-33(22-19-28)45-27-39)40-38(30-12-6-3-7-13-30,31-14-8-4-9-15-31)32-16-10-5-11-17-32/h3-23,25,35,40H,24,26-27H2,1-2H3/t35-/m1/s1/i39-1. The van der Waals surface area contributed by atoms with Crippen molar-refractivity contribution in [3.63, 3.8) is 0 Å². The Bertz CT molecular complexity index is 1550. The summed E-state index contributed by atoms with van der Waals surface area (Å²) in [6.45, 7) is -0.916. The van der Waals surface area contributed by atoms with E-state index in [1.165, 1.54) is 0 Å². The Kier molecular flexibility index (Phi) is 10.5. The average molecular weight is 605 g/mol. The van der Waals surface area contributed by atoms with Gasteiger partial charge in [0, 0.05) is 11.6 Å². The fourth-order valence-electron chi connectivity index (χ4n) is 5.51. The molecule has 0 saturated carbocycles. The second-order valence-electron chi connectivity index (χ2n) is 10.4. The van der Waals surface area contributed by atoms with Gasteiger partial charge in [-0.25, -0.2) is 4.39 Å². The van der Waals surface area contributed by atoms with E-state index in [0.29, 0.717) is 29.2 Å². The zero-order valence-corrected chi connectivity index (χ0v) is 25.3. The molecule has 0 fully saturated rings. The van der Waals surface area contributed by atoms with Gasteiger partial charge in [-0.3, -0.25) is 10.1 Å². The van der Waals surface area contributed by atoms with E-state index >= 15 is 0 Å². The lowest BCUT2D eigenvalue weighted by atomic mass is 9.76. The van der Waals surface area contributed by atoms with Crippen LogP contribution in [0.4, 0.5) is 4.39 Å². The topological polar surface area (TPSA) is 66.0 Å². The van der Waals surface area contributed by atoms with Gasteiger partial charge < -0.3 is 18.9 Å². The van der Waals surface area contributed by atoms with Crippen molar-refractivity contribution in [2.24, 2.45) is 0 Å².